The van der Waals surface area contributed by atoms with Gasteiger partial charge in [0.15, 0.2) is 18.5 Å². The number of aliphatic carboxylic acids is 1. The van der Waals surface area contributed by atoms with Gasteiger partial charge in [-0.15, -0.1) is 0 Å². The average Bonchev–Trinajstić information content (AvgIpc) is 3.15. The molecular weight excluding hydrogens is 692 g/mol. The van der Waals surface area contributed by atoms with Gasteiger partial charge in [-0.2, -0.15) is 0 Å². The molecule has 4 N–H and O–H groups in total. The molecule has 54 heavy (non-hydrogen) atoms. The number of carboxylic acid groups (broad SMARTS) is 1. The van der Waals surface area contributed by atoms with E-state index in [-0.39, 0.29) is 19.4 Å². The summed E-state index contributed by atoms with van der Waals surface area (Å²) in [5.41, 5.74) is 0. The van der Waals surface area contributed by atoms with Gasteiger partial charge in [-0.1, -0.05) is 147 Å². The van der Waals surface area contributed by atoms with Gasteiger partial charge in [0.25, 0.3) is 0 Å². The smallest absolute Gasteiger partial charge is 0.335 e. The summed E-state index contributed by atoms with van der Waals surface area (Å²) in [6.45, 7) is 3.66. The number of rotatable bonds is 34. The van der Waals surface area contributed by atoms with Crippen LogP contribution in [0.5, 0.6) is 0 Å². The average molecular weight is 767 g/mol. The first-order valence-electron chi connectivity index (χ1n) is 21.0. The largest absolute Gasteiger partial charge is 0.479 e. The van der Waals surface area contributed by atoms with E-state index in [4.69, 9.17) is 18.9 Å². The van der Waals surface area contributed by atoms with Crippen molar-refractivity contribution in [2.45, 2.75) is 205 Å². The highest BCUT2D eigenvalue weighted by Gasteiger charge is 2.47. The quantitative estimate of drug-likeness (QED) is 0.0282. The third-order valence-electron chi connectivity index (χ3n) is 9.50. The van der Waals surface area contributed by atoms with E-state index in [1.54, 1.807) is 0 Å². The summed E-state index contributed by atoms with van der Waals surface area (Å²) >= 11 is 0. The number of ether oxygens (including phenoxy) is 4. The van der Waals surface area contributed by atoms with Gasteiger partial charge >= 0.3 is 17.9 Å². The van der Waals surface area contributed by atoms with E-state index in [1.807, 2.05) is 0 Å². The molecule has 1 fully saturated rings. The van der Waals surface area contributed by atoms with Crippen molar-refractivity contribution in [1.29, 1.82) is 0 Å². The van der Waals surface area contributed by atoms with Crippen molar-refractivity contribution in [2.24, 2.45) is 0 Å². The summed E-state index contributed by atoms with van der Waals surface area (Å²) in [5, 5.41) is 39.7. The summed E-state index contributed by atoms with van der Waals surface area (Å²) in [5.74, 6) is -2.48. The second-order valence-electron chi connectivity index (χ2n) is 14.5. The molecule has 1 rings (SSSR count). The van der Waals surface area contributed by atoms with Crippen LogP contribution in [0.3, 0.4) is 0 Å². The third kappa shape index (κ3) is 25.5. The van der Waals surface area contributed by atoms with Crippen molar-refractivity contribution in [3.63, 3.8) is 0 Å². The first-order chi connectivity index (χ1) is 26.2. The zero-order valence-electron chi connectivity index (χ0n) is 33.5. The van der Waals surface area contributed by atoms with Gasteiger partial charge in [0.2, 0.25) is 0 Å². The lowest BCUT2D eigenvalue weighted by atomic mass is 9.99. The maximum atomic E-state index is 12.7. The number of hydrogen-bond acceptors (Lipinski definition) is 10. The molecule has 11 heteroatoms. The zero-order chi connectivity index (χ0) is 39.7. The fourth-order valence-electron chi connectivity index (χ4n) is 6.19. The fraction of sp³-hybridized carbons (Fsp3) is 0.791. The molecule has 0 saturated carbocycles. The van der Waals surface area contributed by atoms with Gasteiger partial charge in [-0.3, -0.25) is 9.59 Å². The SMILES string of the molecule is CC/C=C\C/C=C\C/C=C\CCCCCC(=O)OCC(COC1OC(C(=O)O)C(O)C(O)C1O)OC(=O)CCCCCCCCCCCCCCCCC. The number of carbonyl (C=O) groups is 3. The molecule has 0 aromatic carbocycles. The summed E-state index contributed by atoms with van der Waals surface area (Å²) < 4.78 is 21.7. The lowest BCUT2D eigenvalue weighted by molar-refractivity contribution is -0.298. The van der Waals surface area contributed by atoms with Crippen LogP contribution in [0.1, 0.15) is 168 Å². The molecule has 11 nitrogen and oxygen atoms in total. The van der Waals surface area contributed by atoms with Crippen LogP contribution in [-0.2, 0) is 33.3 Å². The van der Waals surface area contributed by atoms with Crippen LogP contribution in [0.4, 0.5) is 0 Å². The van der Waals surface area contributed by atoms with E-state index >= 15 is 0 Å². The van der Waals surface area contributed by atoms with E-state index in [0.717, 1.165) is 57.8 Å². The predicted octanol–water partition coefficient (Wildman–Crippen LogP) is 8.42. The Kier molecular flexibility index (Phi) is 30.9. The molecule has 0 spiro atoms. The minimum absolute atomic E-state index is 0.179. The zero-order valence-corrected chi connectivity index (χ0v) is 33.5. The molecule has 0 aliphatic carbocycles. The number of carboxylic acids is 1. The molecule has 0 amide bonds. The van der Waals surface area contributed by atoms with Crippen LogP contribution in [0.15, 0.2) is 36.5 Å². The summed E-state index contributed by atoms with van der Waals surface area (Å²) in [7, 11) is 0. The molecule has 6 unspecified atom stereocenters. The number of aliphatic hydroxyl groups is 3. The molecule has 312 valence electrons. The second-order valence-corrected chi connectivity index (χ2v) is 14.5. The standard InChI is InChI=1S/C43H74O11/c1-3-5-7-9-11-13-15-17-18-20-22-24-26-28-30-32-37(45)53-35(34-52-43-40(48)38(46)39(47)41(54-43)42(49)50)33-51-36(44)31-29-27-25-23-21-19-16-14-12-10-8-6-4-2/h6,8,12,14,19,21,35,38-41,43,46-48H,3-5,7,9-11,13,15-18,20,22-34H2,1-2H3,(H,49,50)/b8-6-,14-12-,21-19-. The van der Waals surface area contributed by atoms with Crippen LogP contribution in [0, 0.1) is 0 Å². The van der Waals surface area contributed by atoms with Crippen LogP contribution >= 0.6 is 0 Å². The molecule has 0 bridgehead atoms. The highest BCUT2D eigenvalue weighted by atomic mass is 16.7. The van der Waals surface area contributed by atoms with E-state index in [0.29, 0.717) is 12.8 Å². The van der Waals surface area contributed by atoms with Crippen LogP contribution in [-0.4, -0.2) is 88.4 Å². The Morgan fingerprint density at radius 1 is 0.593 bits per heavy atom. The molecule has 0 aromatic rings. The van der Waals surface area contributed by atoms with Crippen LogP contribution in [0.25, 0.3) is 0 Å². The lowest BCUT2D eigenvalue weighted by Gasteiger charge is -2.38. The number of aliphatic hydroxyl groups excluding tert-OH is 3. The maximum absolute atomic E-state index is 12.7. The van der Waals surface area contributed by atoms with Gasteiger partial charge in [-0.25, -0.2) is 4.79 Å². The first-order valence-corrected chi connectivity index (χ1v) is 21.0. The second kappa shape index (κ2) is 33.7. The van der Waals surface area contributed by atoms with Gasteiger partial charge in [0.1, 0.15) is 24.9 Å². The van der Waals surface area contributed by atoms with Crippen molar-refractivity contribution in [3.05, 3.63) is 36.5 Å². The molecule has 1 heterocycles. The number of esters is 2. The molecular formula is C43H74O11. The van der Waals surface area contributed by atoms with E-state index in [2.05, 4.69) is 50.3 Å². The van der Waals surface area contributed by atoms with Crippen molar-refractivity contribution in [3.8, 4) is 0 Å². The highest BCUT2D eigenvalue weighted by Crippen LogP contribution is 2.23. The Hall–Kier alpha value is -2.57. The monoisotopic (exact) mass is 767 g/mol. The Morgan fingerprint density at radius 3 is 1.65 bits per heavy atom. The Morgan fingerprint density at radius 2 is 1.09 bits per heavy atom. The Labute approximate surface area is 325 Å². The third-order valence-corrected chi connectivity index (χ3v) is 9.50. The van der Waals surface area contributed by atoms with Crippen molar-refractivity contribution in [2.75, 3.05) is 13.2 Å². The van der Waals surface area contributed by atoms with Crippen LogP contribution in [0.2, 0.25) is 0 Å². The maximum Gasteiger partial charge on any atom is 0.335 e. The van der Waals surface area contributed by atoms with Gasteiger partial charge < -0.3 is 39.4 Å². The van der Waals surface area contributed by atoms with E-state index < -0.39 is 61.3 Å². The molecule has 1 aliphatic heterocycles. The lowest BCUT2D eigenvalue weighted by Crippen LogP contribution is -2.60. The van der Waals surface area contributed by atoms with Gasteiger partial charge in [-0.05, 0) is 44.9 Å². The van der Waals surface area contributed by atoms with Crippen LogP contribution < -0.4 is 0 Å². The molecule has 1 saturated heterocycles. The Bertz CT molecular complexity index is 1040. The molecule has 0 radical (unpaired) electrons. The predicted molar refractivity (Wildman–Crippen MR) is 211 cm³/mol. The van der Waals surface area contributed by atoms with Gasteiger partial charge in [0, 0.05) is 12.8 Å². The summed E-state index contributed by atoms with van der Waals surface area (Å²) in [6, 6.07) is 0. The van der Waals surface area contributed by atoms with Crippen molar-refractivity contribution in [1.82, 2.24) is 0 Å². The minimum atomic E-state index is -1.86. The van der Waals surface area contributed by atoms with E-state index in [1.165, 1.54) is 70.6 Å². The number of hydrogen-bond donors (Lipinski definition) is 4. The first kappa shape index (κ1) is 49.4. The van der Waals surface area contributed by atoms with E-state index in [9.17, 15) is 34.8 Å². The minimum Gasteiger partial charge on any atom is -0.479 e. The number of allylic oxidation sites excluding steroid dienone is 6. The topological polar surface area (TPSA) is 169 Å². The summed E-state index contributed by atoms with van der Waals surface area (Å²) in [6.07, 6.45) is 27.7. The fourth-order valence-corrected chi connectivity index (χ4v) is 6.19. The molecule has 0 aromatic heterocycles. The van der Waals surface area contributed by atoms with Crippen molar-refractivity contribution < 1.29 is 53.8 Å². The molecule has 1 aliphatic rings. The normalized spacial score (nSPS) is 20.9. The number of carbonyl (C=O) groups excluding carboxylic acids is 2. The highest BCUT2D eigenvalue weighted by molar-refractivity contribution is 5.73. The summed E-state index contributed by atoms with van der Waals surface area (Å²) in [4.78, 5) is 36.7. The van der Waals surface area contributed by atoms with Gasteiger partial charge in [0.05, 0.1) is 6.61 Å². The Balaban J connectivity index is 2.42. The molecule has 6 atom stereocenters. The number of unbranched alkanes of at least 4 members (excludes halogenated alkanes) is 17. The van der Waals surface area contributed by atoms with Crippen molar-refractivity contribution >= 4 is 17.9 Å².